The van der Waals surface area contributed by atoms with Crippen LogP contribution < -0.4 is 4.74 Å². The minimum absolute atomic E-state index is 0.0950. The minimum atomic E-state index is -1.08. The molecule has 2 aliphatic carbocycles. The van der Waals surface area contributed by atoms with Gasteiger partial charge in [0.25, 0.3) is 0 Å². The Balaban J connectivity index is 2.12. The molecule has 0 heterocycles. The van der Waals surface area contributed by atoms with Crippen LogP contribution in [-0.4, -0.2) is 47.4 Å². The smallest absolute Gasteiger partial charge is 0.303 e. The second kappa shape index (κ2) is 15.7. The van der Waals surface area contributed by atoms with Crippen molar-refractivity contribution in [1.29, 1.82) is 0 Å². The lowest BCUT2D eigenvalue weighted by Crippen LogP contribution is -2.35. The van der Waals surface area contributed by atoms with E-state index in [1.807, 2.05) is 45.0 Å². The third-order valence-electron chi connectivity index (χ3n) is 9.37. The highest BCUT2D eigenvalue weighted by molar-refractivity contribution is 6.02. The van der Waals surface area contributed by atoms with Gasteiger partial charge in [0.05, 0.1) is 19.3 Å². The lowest BCUT2D eigenvalue weighted by atomic mass is 9.69. The second-order valence-electron chi connectivity index (χ2n) is 12.9. The van der Waals surface area contributed by atoms with Gasteiger partial charge in [-0.1, -0.05) is 55.4 Å². The zero-order valence-corrected chi connectivity index (χ0v) is 27.8. The van der Waals surface area contributed by atoms with Gasteiger partial charge in [0, 0.05) is 24.2 Å². The first-order valence-electron chi connectivity index (χ1n) is 15.8. The largest absolute Gasteiger partial charge is 0.497 e. The molecule has 0 bridgehead atoms. The number of aliphatic hydroxyl groups is 2. The van der Waals surface area contributed by atoms with Crippen molar-refractivity contribution >= 4 is 11.8 Å². The number of esters is 1. The van der Waals surface area contributed by atoms with E-state index in [0.29, 0.717) is 19.3 Å². The molecule has 0 aromatic heterocycles. The number of aliphatic hydroxyl groups excluding tert-OH is 2. The summed E-state index contributed by atoms with van der Waals surface area (Å²) in [5.74, 6) is -0.254. The Hall–Kier alpha value is -3.16. The molecule has 242 valence electrons. The summed E-state index contributed by atoms with van der Waals surface area (Å²) in [5.41, 5.74) is 4.18. The first kappa shape index (κ1) is 35.3. The number of hydrogen-bond donors (Lipinski definition) is 2. The summed E-state index contributed by atoms with van der Waals surface area (Å²) in [4.78, 5) is 26.5. The number of allylic oxidation sites excluding steroid dienone is 6. The fourth-order valence-electron chi connectivity index (χ4n) is 6.33. The number of carbonyl (C=O) groups is 2. The van der Waals surface area contributed by atoms with Crippen molar-refractivity contribution in [1.82, 2.24) is 0 Å². The molecule has 0 fully saturated rings. The third-order valence-corrected chi connectivity index (χ3v) is 9.37. The van der Waals surface area contributed by atoms with Crippen LogP contribution in [-0.2, 0) is 25.7 Å². The zero-order chi connectivity index (χ0) is 32.6. The quantitative estimate of drug-likeness (QED) is 0.238. The zero-order valence-electron chi connectivity index (χ0n) is 27.8. The van der Waals surface area contributed by atoms with Crippen molar-refractivity contribution in [2.45, 2.75) is 112 Å². The van der Waals surface area contributed by atoms with E-state index in [9.17, 15) is 19.8 Å². The van der Waals surface area contributed by atoms with Gasteiger partial charge in [0.2, 0.25) is 5.78 Å². The summed E-state index contributed by atoms with van der Waals surface area (Å²) in [7, 11) is 1.61. The van der Waals surface area contributed by atoms with Crippen molar-refractivity contribution in [3.05, 3.63) is 76.1 Å². The molecule has 0 saturated carbocycles. The van der Waals surface area contributed by atoms with E-state index >= 15 is 0 Å². The number of benzene rings is 1. The van der Waals surface area contributed by atoms with Gasteiger partial charge in [0.15, 0.2) is 5.76 Å². The maximum Gasteiger partial charge on any atom is 0.303 e. The molecule has 0 amide bonds. The summed E-state index contributed by atoms with van der Waals surface area (Å²) >= 11 is 0. The molecule has 7 heteroatoms. The molecule has 1 aromatic rings. The van der Waals surface area contributed by atoms with Gasteiger partial charge < -0.3 is 24.4 Å². The molecule has 2 aliphatic rings. The fourth-order valence-corrected chi connectivity index (χ4v) is 6.33. The number of fused-ring (bicyclic) bond motifs is 1. The van der Waals surface area contributed by atoms with Crippen molar-refractivity contribution < 1.29 is 34.0 Å². The Kier molecular flexibility index (Phi) is 12.6. The maximum atomic E-state index is 14.5. The van der Waals surface area contributed by atoms with E-state index in [1.54, 1.807) is 14.0 Å². The molecular formula is C37H52O7. The molecule has 6 atom stereocenters. The number of hydrogen-bond acceptors (Lipinski definition) is 7. The molecule has 3 rings (SSSR count). The van der Waals surface area contributed by atoms with Crippen LogP contribution in [0.2, 0.25) is 0 Å². The van der Waals surface area contributed by atoms with Crippen LogP contribution in [0, 0.1) is 17.3 Å². The number of ketones is 1. The molecule has 7 nitrogen and oxygen atoms in total. The summed E-state index contributed by atoms with van der Waals surface area (Å²) < 4.78 is 17.4. The minimum Gasteiger partial charge on any atom is -0.497 e. The van der Waals surface area contributed by atoms with Crippen molar-refractivity contribution in [2.75, 3.05) is 7.11 Å². The fraction of sp³-hybridized carbons (Fsp3) is 0.568. The van der Waals surface area contributed by atoms with Crippen molar-refractivity contribution in [3.63, 3.8) is 0 Å². The lowest BCUT2D eigenvalue weighted by Gasteiger charge is -2.34. The molecular weight excluding hydrogens is 556 g/mol. The summed E-state index contributed by atoms with van der Waals surface area (Å²) in [6, 6.07) is 7.50. The molecule has 1 aromatic carbocycles. The summed E-state index contributed by atoms with van der Waals surface area (Å²) in [6.07, 6.45) is 8.33. The number of carbonyl (C=O) groups excluding carboxylic acids is 2. The monoisotopic (exact) mass is 608 g/mol. The Morgan fingerprint density at radius 3 is 2.30 bits per heavy atom. The third kappa shape index (κ3) is 8.72. The Labute approximate surface area is 263 Å². The first-order valence-corrected chi connectivity index (χ1v) is 15.8. The number of Topliss-reactive ketones (excluding diaryl/α,β-unsaturated/α-hetero) is 1. The number of rotatable bonds is 8. The van der Waals surface area contributed by atoms with Crippen LogP contribution in [0.4, 0.5) is 0 Å². The van der Waals surface area contributed by atoms with Crippen LogP contribution in [0.1, 0.15) is 92.6 Å². The van der Waals surface area contributed by atoms with E-state index in [2.05, 4.69) is 32.1 Å². The van der Waals surface area contributed by atoms with Gasteiger partial charge in [0.1, 0.15) is 18.5 Å². The van der Waals surface area contributed by atoms with Gasteiger partial charge in [-0.25, -0.2) is 0 Å². The molecule has 44 heavy (non-hydrogen) atoms. The molecule has 0 saturated heterocycles. The highest BCUT2D eigenvalue weighted by Crippen LogP contribution is 2.52. The Bertz CT molecular complexity index is 1280. The maximum absolute atomic E-state index is 14.5. The standard InChI is InChI=1S/C37H52O7/c1-23-10-9-11-24(2)20-21-37(7)31(18-13-25(3)32(19-12-23)44-28(6)39)33(26(4)34(40)27(5)38)35(36(37)41)43-22-29-14-16-30(42-8)17-15-29/h10,13-17,20,26-27,31-32,34,38,40H,9,11-12,18-19,21-22H2,1-8H3/b23-10+,24-20+,25-13+/t26-,27?,31+,32-,34?,37-/m0/s1. The van der Waals surface area contributed by atoms with Crippen molar-refractivity contribution in [2.24, 2.45) is 17.3 Å². The van der Waals surface area contributed by atoms with Crippen LogP contribution in [0.5, 0.6) is 5.75 Å². The highest BCUT2D eigenvalue weighted by Gasteiger charge is 2.53. The summed E-state index contributed by atoms with van der Waals surface area (Å²) in [6.45, 7) is 13.2. The highest BCUT2D eigenvalue weighted by atomic mass is 16.5. The first-order chi connectivity index (χ1) is 20.8. The Morgan fingerprint density at radius 1 is 1.02 bits per heavy atom. The lowest BCUT2D eigenvalue weighted by molar-refractivity contribution is -0.144. The van der Waals surface area contributed by atoms with E-state index < -0.39 is 23.5 Å². The van der Waals surface area contributed by atoms with Crippen LogP contribution in [0.3, 0.4) is 0 Å². The topological polar surface area (TPSA) is 102 Å². The van der Waals surface area contributed by atoms with Gasteiger partial charge in [-0.2, -0.15) is 0 Å². The Morgan fingerprint density at radius 2 is 1.68 bits per heavy atom. The normalized spacial score (nSPS) is 29.3. The molecule has 2 N–H and O–H groups in total. The van der Waals surface area contributed by atoms with Crippen LogP contribution in [0.25, 0.3) is 0 Å². The molecule has 0 radical (unpaired) electrons. The average Bonchev–Trinajstić information content (AvgIpc) is 3.19. The second-order valence-corrected chi connectivity index (χ2v) is 12.9. The molecule has 0 spiro atoms. The molecule has 0 aliphatic heterocycles. The van der Waals surface area contributed by atoms with Gasteiger partial charge in [-0.05, 0) is 95.1 Å². The predicted molar refractivity (Wildman–Crippen MR) is 173 cm³/mol. The SMILES string of the molecule is COc1ccc(COC2=C([C@H](C)C(O)C(C)O)[C@H]3C/C=C(\C)[C@@H](OC(C)=O)CC/C(C)=C/CC/C(C)=C/C[C@]3(C)C2=O)cc1. The number of methoxy groups -OCH3 is 1. The number of ether oxygens (including phenoxy) is 3. The van der Waals surface area contributed by atoms with Gasteiger partial charge in [-0.15, -0.1) is 0 Å². The average molecular weight is 609 g/mol. The van der Waals surface area contributed by atoms with Crippen LogP contribution in [0.15, 0.2) is 70.5 Å². The summed E-state index contributed by atoms with van der Waals surface area (Å²) in [5, 5.41) is 21.5. The molecule has 2 unspecified atom stereocenters. The van der Waals surface area contributed by atoms with Gasteiger partial charge >= 0.3 is 5.97 Å². The van der Waals surface area contributed by atoms with E-state index in [0.717, 1.165) is 41.7 Å². The van der Waals surface area contributed by atoms with Crippen LogP contribution >= 0.6 is 0 Å². The predicted octanol–water partition coefficient (Wildman–Crippen LogP) is 7.17. The van der Waals surface area contributed by atoms with E-state index in [4.69, 9.17) is 14.2 Å². The van der Waals surface area contributed by atoms with E-state index in [1.165, 1.54) is 18.1 Å². The van der Waals surface area contributed by atoms with Crippen molar-refractivity contribution in [3.8, 4) is 5.75 Å². The van der Waals surface area contributed by atoms with Gasteiger partial charge in [-0.3, -0.25) is 9.59 Å². The van der Waals surface area contributed by atoms with E-state index in [-0.39, 0.29) is 36.1 Å².